The summed E-state index contributed by atoms with van der Waals surface area (Å²) in [5.41, 5.74) is -0.199. The lowest BCUT2D eigenvalue weighted by atomic mass is 10.00. The molecule has 3 rings (SSSR count). The number of halogens is 4. The smallest absolute Gasteiger partial charge is 0.419 e. The summed E-state index contributed by atoms with van der Waals surface area (Å²) in [5.74, 6) is -2.21. The second kappa shape index (κ2) is 13.3. The lowest BCUT2D eigenvalue weighted by Gasteiger charge is -2.27. The van der Waals surface area contributed by atoms with Gasteiger partial charge < -0.3 is 9.84 Å². The molecule has 0 saturated heterocycles. The van der Waals surface area contributed by atoms with Crippen LogP contribution in [0.3, 0.4) is 0 Å². The van der Waals surface area contributed by atoms with E-state index in [-0.39, 0.29) is 40.8 Å². The average Bonchev–Trinajstić information content (AvgIpc) is 2.87. The first-order valence-electron chi connectivity index (χ1n) is 12.5. The summed E-state index contributed by atoms with van der Waals surface area (Å²) in [7, 11) is -3.71. The Morgan fingerprint density at radius 3 is 2.35 bits per heavy atom. The molecular weight excluding hydrogens is 550 g/mol. The largest absolute Gasteiger partial charge is 0.494 e. The van der Waals surface area contributed by atoms with Gasteiger partial charge in [-0.15, -0.1) is 0 Å². The highest BCUT2D eigenvalue weighted by Crippen LogP contribution is 2.33. The zero-order valence-corrected chi connectivity index (χ0v) is 22.9. The fourth-order valence-corrected chi connectivity index (χ4v) is 5.37. The Morgan fingerprint density at radius 1 is 1.02 bits per heavy atom. The number of hydrogen-bond acceptors (Lipinski definition) is 5. The monoisotopic (exact) mass is 581 g/mol. The number of carboxylic acid groups (broad SMARTS) is 1. The molecule has 0 fully saturated rings. The number of benzene rings is 3. The van der Waals surface area contributed by atoms with Gasteiger partial charge in [-0.05, 0) is 41.7 Å². The SMILES string of the molecule is CC(CN(CCCOc1ccc(CC(=O)O)c(S(C)(=O)=O)c1)Cc1cccc(C(F)(F)F)c1F)c1ccccc1. The first-order chi connectivity index (χ1) is 18.8. The van der Waals surface area contributed by atoms with Crippen LogP contribution in [0.2, 0.25) is 0 Å². The molecule has 3 aromatic carbocycles. The first-order valence-corrected chi connectivity index (χ1v) is 14.4. The second-order valence-corrected chi connectivity index (χ2v) is 11.6. The van der Waals surface area contributed by atoms with E-state index in [4.69, 9.17) is 9.84 Å². The number of carboxylic acids is 1. The van der Waals surface area contributed by atoms with Crippen molar-refractivity contribution in [1.29, 1.82) is 0 Å². The van der Waals surface area contributed by atoms with Crippen LogP contribution in [-0.4, -0.2) is 50.3 Å². The molecule has 1 unspecified atom stereocenters. The van der Waals surface area contributed by atoms with E-state index in [2.05, 4.69) is 0 Å². The maximum absolute atomic E-state index is 14.8. The third kappa shape index (κ3) is 8.79. The number of hydrogen-bond donors (Lipinski definition) is 1. The maximum atomic E-state index is 14.8. The molecule has 0 saturated carbocycles. The van der Waals surface area contributed by atoms with Crippen LogP contribution in [0.25, 0.3) is 0 Å². The van der Waals surface area contributed by atoms with Crippen molar-refractivity contribution in [3.63, 3.8) is 0 Å². The molecule has 0 aliphatic heterocycles. The molecule has 0 bridgehead atoms. The number of nitrogens with zero attached hydrogens (tertiary/aromatic N) is 1. The highest BCUT2D eigenvalue weighted by molar-refractivity contribution is 7.90. The molecule has 1 N–H and O–H groups in total. The van der Waals surface area contributed by atoms with Crippen LogP contribution in [-0.2, 0) is 33.8 Å². The summed E-state index contributed by atoms with van der Waals surface area (Å²) < 4.78 is 84.6. The Kier molecular flexibility index (Phi) is 10.3. The van der Waals surface area contributed by atoms with Crippen LogP contribution in [0.4, 0.5) is 17.6 Å². The van der Waals surface area contributed by atoms with Crippen molar-refractivity contribution in [2.45, 2.75) is 43.3 Å². The second-order valence-electron chi connectivity index (χ2n) is 9.64. The third-order valence-electron chi connectivity index (χ3n) is 6.35. The number of alkyl halides is 3. The number of rotatable bonds is 13. The zero-order chi connectivity index (χ0) is 29.5. The van der Waals surface area contributed by atoms with Crippen LogP contribution in [0.5, 0.6) is 5.75 Å². The predicted octanol–water partition coefficient (Wildman–Crippen LogP) is 5.95. The minimum atomic E-state index is -4.80. The van der Waals surface area contributed by atoms with Gasteiger partial charge in [-0.3, -0.25) is 9.69 Å². The van der Waals surface area contributed by atoms with Crippen molar-refractivity contribution >= 4 is 15.8 Å². The molecule has 1 atom stereocenters. The highest BCUT2D eigenvalue weighted by Gasteiger charge is 2.35. The van der Waals surface area contributed by atoms with E-state index in [1.165, 1.54) is 30.3 Å². The quantitative estimate of drug-likeness (QED) is 0.198. The lowest BCUT2D eigenvalue weighted by Crippen LogP contribution is -2.30. The summed E-state index contributed by atoms with van der Waals surface area (Å²) in [6.07, 6.45) is -3.87. The minimum Gasteiger partial charge on any atom is -0.494 e. The van der Waals surface area contributed by atoms with Crippen molar-refractivity contribution in [2.75, 3.05) is 26.0 Å². The van der Waals surface area contributed by atoms with Crippen LogP contribution in [0, 0.1) is 5.82 Å². The van der Waals surface area contributed by atoms with Gasteiger partial charge in [0.2, 0.25) is 0 Å². The molecule has 0 radical (unpaired) electrons. The molecule has 6 nitrogen and oxygen atoms in total. The summed E-state index contributed by atoms with van der Waals surface area (Å²) in [4.78, 5) is 12.8. The number of aliphatic carboxylic acids is 1. The Morgan fingerprint density at radius 2 is 1.73 bits per heavy atom. The molecule has 0 aromatic heterocycles. The van der Waals surface area contributed by atoms with Crippen molar-refractivity contribution in [1.82, 2.24) is 4.90 Å². The molecule has 40 heavy (non-hydrogen) atoms. The van der Waals surface area contributed by atoms with E-state index >= 15 is 0 Å². The molecule has 3 aromatic rings. The molecule has 216 valence electrons. The number of sulfone groups is 1. The maximum Gasteiger partial charge on any atom is 0.419 e. The van der Waals surface area contributed by atoms with Gasteiger partial charge in [0.05, 0.1) is 23.5 Å². The van der Waals surface area contributed by atoms with Gasteiger partial charge in [0.15, 0.2) is 9.84 Å². The van der Waals surface area contributed by atoms with Crippen molar-refractivity contribution in [3.05, 3.63) is 94.8 Å². The van der Waals surface area contributed by atoms with Crippen molar-refractivity contribution in [3.8, 4) is 5.75 Å². The fourth-order valence-electron chi connectivity index (χ4n) is 4.43. The third-order valence-corrected chi connectivity index (χ3v) is 7.52. The Bertz CT molecular complexity index is 1410. The molecule has 0 aliphatic rings. The summed E-state index contributed by atoms with van der Waals surface area (Å²) in [5, 5.41) is 9.05. The molecule has 11 heteroatoms. The standard InChI is InChI=1S/C29H31F4NO5S/c1-20(21-8-4-3-5-9-21)18-34(19-23-10-6-11-25(28(23)30)29(31,32)33)14-7-15-39-24-13-12-22(16-27(35)36)26(17-24)40(2,37)38/h3-6,8-13,17,20H,7,14-16,18-19H2,1-2H3,(H,35,36). The van der Waals surface area contributed by atoms with Crippen molar-refractivity contribution in [2.24, 2.45) is 0 Å². The lowest BCUT2D eigenvalue weighted by molar-refractivity contribution is -0.140. The van der Waals surface area contributed by atoms with Crippen LogP contribution >= 0.6 is 0 Å². The summed E-state index contributed by atoms with van der Waals surface area (Å²) in [6, 6.07) is 17.0. The number of ether oxygens (including phenoxy) is 1. The molecule has 0 amide bonds. The molecule has 0 aliphatic carbocycles. The topological polar surface area (TPSA) is 83.9 Å². The van der Waals surface area contributed by atoms with E-state index in [0.717, 1.165) is 17.9 Å². The van der Waals surface area contributed by atoms with Crippen molar-refractivity contribution < 1.29 is 40.6 Å². The van der Waals surface area contributed by atoms with Gasteiger partial charge in [-0.2, -0.15) is 13.2 Å². The van der Waals surface area contributed by atoms with Crippen LogP contribution in [0.15, 0.2) is 71.6 Å². The zero-order valence-electron chi connectivity index (χ0n) is 22.1. The Hall–Kier alpha value is -3.44. The summed E-state index contributed by atoms with van der Waals surface area (Å²) in [6.45, 7) is 2.88. The predicted molar refractivity (Wildman–Crippen MR) is 143 cm³/mol. The van der Waals surface area contributed by atoms with Gasteiger partial charge >= 0.3 is 12.1 Å². The van der Waals surface area contributed by atoms with Gasteiger partial charge in [0.1, 0.15) is 11.6 Å². The Balaban J connectivity index is 1.73. The molecule has 0 heterocycles. The first kappa shape index (κ1) is 31.1. The number of carbonyl (C=O) groups is 1. The van der Waals surface area contributed by atoms with Gasteiger partial charge in [-0.25, -0.2) is 12.8 Å². The molecular formula is C29H31F4NO5S. The van der Waals surface area contributed by atoms with Gasteiger partial charge in [-0.1, -0.05) is 55.5 Å². The Labute approximate surface area is 231 Å². The van der Waals surface area contributed by atoms with E-state index < -0.39 is 39.8 Å². The summed E-state index contributed by atoms with van der Waals surface area (Å²) >= 11 is 0. The molecule has 0 spiro atoms. The van der Waals surface area contributed by atoms with E-state index in [1.807, 2.05) is 42.2 Å². The van der Waals surface area contributed by atoms with E-state index in [0.29, 0.717) is 19.5 Å². The normalized spacial score (nSPS) is 12.9. The van der Waals surface area contributed by atoms with Crippen LogP contribution < -0.4 is 4.74 Å². The van der Waals surface area contributed by atoms with E-state index in [9.17, 15) is 30.8 Å². The van der Waals surface area contributed by atoms with Gasteiger partial charge in [0, 0.05) is 31.5 Å². The van der Waals surface area contributed by atoms with Gasteiger partial charge in [0.25, 0.3) is 0 Å². The van der Waals surface area contributed by atoms with E-state index in [1.54, 1.807) is 0 Å². The minimum absolute atomic E-state index is 0.00933. The van der Waals surface area contributed by atoms with Crippen LogP contribution in [0.1, 0.15) is 41.5 Å². The highest BCUT2D eigenvalue weighted by atomic mass is 32.2. The fraction of sp³-hybridized carbons (Fsp3) is 0.345. The average molecular weight is 582 g/mol.